The van der Waals surface area contributed by atoms with Crippen LogP contribution < -0.4 is 10.1 Å². The van der Waals surface area contributed by atoms with Crippen molar-refractivity contribution in [3.05, 3.63) is 77.9 Å². The van der Waals surface area contributed by atoms with E-state index in [0.717, 1.165) is 12.0 Å². The van der Waals surface area contributed by atoms with Crippen molar-refractivity contribution in [2.45, 2.75) is 45.4 Å². The Morgan fingerprint density at radius 1 is 1.00 bits per heavy atom. The topological polar surface area (TPSA) is 75.6 Å². The van der Waals surface area contributed by atoms with Gasteiger partial charge in [0.25, 0.3) is 0 Å². The summed E-state index contributed by atoms with van der Waals surface area (Å²) < 4.78 is 5.60. The van der Waals surface area contributed by atoms with E-state index in [4.69, 9.17) is 9.84 Å². The van der Waals surface area contributed by atoms with E-state index in [0.29, 0.717) is 17.9 Å². The largest absolute Gasteiger partial charge is 0.491 e. The molecule has 0 saturated carbocycles. The van der Waals surface area contributed by atoms with Crippen LogP contribution in [0.2, 0.25) is 0 Å². The number of aryl methyl sites for hydroxylation is 1. The fraction of sp³-hybridized carbons (Fsp3) is 0.308. The molecule has 2 rings (SSSR count). The zero-order valence-electron chi connectivity index (χ0n) is 18.0. The smallest absolute Gasteiger partial charge is 0.303 e. The average Bonchev–Trinajstić information content (AvgIpc) is 2.76. The number of aliphatic carboxylic acids is 1. The summed E-state index contributed by atoms with van der Waals surface area (Å²) in [6.07, 6.45) is 12.2. The summed E-state index contributed by atoms with van der Waals surface area (Å²) in [6, 6.07) is 15.6. The van der Waals surface area contributed by atoms with Gasteiger partial charge in [0.05, 0.1) is 12.3 Å². The number of benzene rings is 2. The maximum atomic E-state index is 12.2. The zero-order chi connectivity index (χ0) is 22.3. The highest BCUT2D eigenvalue weighted by atomic mass is 16.5. The van der Waals surface area contributed by atoms with E-state index in [1.54, 1.807) is 30.3 Å². The van der Waals surface area contributed by atoms with Gasteiger partial charge in [0.2, 0.25) is 5.91 Å². The number of nitrogens with one attached hydrogen (secondary N) is 1. The van der Waals surface area contributed by atoms with Gasteiger partial charge >= 0.3 is 5.97 Å². The third-order valence-electron chi connectivity index (χ3n) is 4.63. The monoisotopic (exact) mass is 421 g/mol. The maximum absolute atomic E-state index is 12.2. The lowest BCUT2D eigenvalue weighted by molar-refractivity contribution is -0.137. The van der Waals surface area contributed by atoms with E-state index < -0.39 is 5.97 Å². The first-order valence-corrected chi connectivity index (χ1v) is 10.8. The summed E-state index contributed by atoms with van der Waals surface area (Å²) in [6.45, 7) is 2.48. The molecule has 0 aliphatic carbocycles. The van der Waals surface area contributed by atoms with Crippen molar-refractivity contribution in [2.24, 2.45) is 0 Å². The molecule has 0 spiro atoms. The van der Waals surface area contributed by atoms with Crippen LogP contribution >= 0.6 is 0 Å². The molecule has 164 valence electrons. The van der Waals surface area contributed by atoms with Crippen LogP contribution in [0.5, 0.6) is 5.75 Å². The molecule has 2 aromatic carbocycles. The molecule has 5 nitrogen and oxygen atoms in total. The van der Waals surface area contributed by atoms with Crippen molar-refractivity contribution in [1.82, 2.24) is 0 Å². The minimum atomic E-state index is -0.855. The van der Waals surface area contributed by atoms with Gasteiger partial charge in [-0.1, -0.05) is 74.4 Å². The quantitative estimate of drug-likeness (QED) is 0.241. The molecule has 0 heterocycles. The van der Waals surface area contributed by atoms with Gasteiger partial charge in [0.1, 0.15) is 5.75 Å². The Morgan fingerprint density at radius 3 is 2.52 bits per heavy atom. The van der Waals surface area contributed by atoms with Gasteiger partial charge in [0, 0.05) is 12.5 Å². The van der Waals surface area contributed by atoms with E-state index in [1.807, 2.05) is 12.2 Å². The number of anilines is 1. The van der Waals surface area contributed by atoms with Gasteiger partial charge < -0.3 is 15.2 Å². The van der Waals surface area contributed by atoms with Crippen molar-refractivity contribution in [3.63, 3.8) is 0 Å². The summed E-state index contributed by atoms with van der Waals surface area (Å²) >= 11 is 0. The second-order valence-electron chi connectivity index (χ2n) is 7.25. The zero-order valence-corrected chi connectivity index (χ0v) is 18.0. The van der Waals surface area contributed by atoms with Gasteiger partial charge in [-0.2, -0.15) is 0 Å². The van der Waals surface area contributed by atoms with Gasteiger partial charge in [-0.3, -0.25) is 9.59 Å². The molecule has 0 radical (unpaired) electrons. The van der Waals surface area contributed by atoms with Crippen LogP contribution in [0.25, 0.3) is 6.08 Å². The standard InChI is InChI=1S/C26H31NO4/c1-2-3-4-10-21-16-18-22(19-17-21)11-5-8-14-25(28)27-23-12-6-7-13-24(23)31-20-9-15-26(29)30/h5-8,11-14,16-19H,2-4,9-10,15,20H2,1H3,(H,27,28)(H,29,30). The number of carboxylic acid groups (broad SMARTS) is 1. The molecular formula is C26H31NO4. The lowest BCUT2D eigenvalue weighted by Crippen LogP contribution is -2.10. The lowest BCUT2D eigenvalue weighted by atomic mass is 10.1. The molecule has 0 bridgehead atoms. The van der Waals surface area contributed by atoms with E-state index in [1.165, 1.54) is 30.9 Å². The average molecular weight is 422 g/mol. The molecule has 0 unspecified atom stereocenters. The molecule has 5 heteroatoms. The molecule has 31 heavy (non-hydrogen) atoms. The Bertz CT molecular complexity index is 885. The maximum Gasteiger partial charge on any atom is 0.303 e. The summed E-state index contributed by atoms with van der Waals surface area (Å²) in [5, 5.41) is 11.5. The van der Waals surface area contributed by atoms with Crippen LogP contribution in [0.15, 0.2) is 66.8 Å². The number of amides is 1. The first kappa shape index (κ1) is 23.9. The molecule has 0 aliphatic heterocycles. The van der Waals surface area contributed by atoms with Crippen LogP contribution in [-0.2, 0) is 16.0 Å². The van der Waals surface area contributed by atoms with Gasteiger partial charge in [-0.25, -0.2) is 0 Å². The van der Waals surface area contributed by atoms with Crippen molar-refractivity contribution >= 4 is 23.6 Å². The molecular weight excluding hydrogens is 390 g/mol. The van der Waals surface area contributed by atoms with Gasteiger partial charge in [0.15, 0.2) is 0 Å². The van der Waals surface area contributed by atoms with Crippen molar-refractivity contribution < 1.29 is 19.4 Å². The number of para-hydroxylation sites is 2. The van der Waals surface area contributed by atoms with Crippen LogP contribution in [0.4, 0.5) is 5.69 Å². The Labute approximate surface area is 184 Å². The third-order valence-corrected chi connectivity index (χ3v) is 4.63. The second-order valence-corrected chi connectivity index (χ2v) is 7.25. The number of carbonyl (C=O) groups excluding carboxylic acids is 1. The van der Waals surface area contributed by atoms with Crippen molar-refractivity contribution in [2.75, 3.05) is 11.9 Å². The second kappa shape index (κ2) is 13.8. The molecule has 0 aromatic heterocycles. The van der Waals surface area contributed by atoms with Crippen LogP contribution in [0, 0.1) is 0 Å². The summed E-state index contributed by atoms with van der Waals surface area (Å²) in [5.41, 5.74) is 2.99. The van der Waals surface area contributed by atoms with Gasteiger partial charge in [-0.05, 0) is 42.5 Å². The highest BCUT2D eigenvalue weighted by Crippen LogP contribution is 2.24. The third kappa shape index (κ3) is 9.81. The highest BCUT2D eigenvalue weighted by molar-refractivity contribution is 6.00. The summed E-state index contributed by atoms with van der Waals surface area (Å²) in [5.74, 6) is -0.604. The number of ether oxygens (including phenoxy) is 1. The Morgan fingerprint density at radius 2 is 1.77 bits per heavy atom. The number of rotatable bonds is 13. The van der Waals surface area contributed by atoms with E-state index >= 15 is 0 Å². The first-order valence-electron chi connectivity index (χ1n) is 10.8. The normalized spacial score (nSPS) is 11.1. The summed E-state index contributed by atoms with van der Waals surface area (Å²) in [4.78, 5) is 22.8. The number of carbonyl (C=O) groups is 2. The van der Waals surface area contributed by atoms with Crippen LogP contribution in [-0.4, -0.2) is 23.6 Å². The fourth-order valence-corrected chi connectivity index (χ4v) is 2.96. The van der Waals surface area contributed by atoms with Crippen molar-refractivity contribution in [1.29, 1.82) is 0 Å². The van der Waals surface area contributed by atoms with E-state index in [9.17, 15) is 9.59 Å². The number of carboxylic acids is 1. The predicted molar refractivity (Wildman–Crippen MR) is 125 cm³/mol. The Balaban J connectivity index is 1.82. The number of hydrogen-bond acceptors (Lipinski definition) is 3. The van der Waals surface area contributed by atoms with Crippen molar-refractivity contribution in [3.8, 4) is 5.75 Å². The number of hydrogen-bond donors (Lipinski definition) is 2. The molecule has 0 saturated heterocycles. The fourth-order valence-electron chi connectivity index (χ4n) is 2.96. The summed E-state index contributed by atoms with van der Waals surface area (Å²) in [7, 11) is 0. The SMILES string of the molecule is CCCCCc1ccc(C=CC=CC(=O)Nc2ccccc2OCCCC(=O)O)cc1. The predicted octanol–water partition coefficient (Wildman–Crippen LogP) is 5.87. The molecule has 0 aliphatic rings. The number of unbranched alkanes of at least 4 members (excludes halogenated alkanes) is 2. The lowest BCUT2D eigenvalue weighted by Gasteiger charge is -2.11. The molecule has 2 N–H and O–H groups in total. The molecule has 0 fully saturated rings. The molecule has 2 aromatic rings. The Hall–Kier alpha value is -3.34. The van der Waals surface area contributed by atoms with Crippen LogP contribution in [0.1, 0.15) is 50.2 Å². The molecule has 0 atom stereocenters. The highest BCUT2D eigenvalue weighted by Gasteiger charge is 2.06. The van der Waals surface area contributed by atoms with E-state index in [2.05, 4.69) is 36.5 Å². The van der Waals surface area contributed by atoms with Gasteiger partial charge in [-0.15, -0.1) is 0 Å². The minimum Gasteiger partial charge on any atom is -0.491 e. The van der Waals surface area contributed by atoms with Crippen LogP contribution in [0.3, 0.4) is 0 Å². The van der Waals surface area contributed by atoms with E-state index in [-0.39, 0.29) is 18.9 Å². The Kier molecular flexibility index (Phi) is 10.7. The molecule has 1 amide bonds. The minimum absolute atomic E-state index is 0.0468. The first-order chi connectivity index (χ1) is 15.1. The number of allylic oxidation sites excluding steroid dienone is 2.